The van der Waals surface area contributed by atoms with Gasteiger partial charge in [-0.2, -0.15) is 0 Å². The summed E-state index contributed by atoms with van der Waals surface area (Å²) >= 11 is 0. The Balaban J connectivity index is 1.93. The molecule has 1 aromatic heterocycles. The summed E-state index contributed by atoms with van der Waals surface area (Å²) in [5.74, 6) is 0.388. The molecule has 0 aromatic carbocycles. The summed E-state index contributed by atoms with van der Waals surface area (Å²) in [6.45, 7) is 2.09. The molecule has 2 atom stereocenters. The number of carbonyl (C=O) groups excluding carboxylic acids is 1. The maximum Gasteiger partial charge on any atom is 0.275 e. The zero-order valence-electron chi connectivity index (χ0n) is 6.65. The van der Waals surface area contributed by atoms with Crippen LogP contribution in [0.25, 0.3) is 0 Å². The van der Waals surface area contributed by atoms with E-state index in [-0.39, 0.29) is 11.6 Å². The predicted octanol–water partition coefficient (Wildman–Crippen LogP) is 0.208. The molecule has 1 amide bonds. The molecule has 0 saturated heterocycles. The lowest BCUT2D eigenvalue weighted by atomic mass is 10.4. The first kappa shape index (κ1) is 7.27. The van der Waals surface area contributed by atoms with E-state index < -0.39 is 0 Å². The van der Waals surface area contributed by atoms with Gasteiger partial charge >= 0.3 is 0 Å². The Hall–Kier alpha value is -1.39. The average molecular weight is 167 g/mol. The van der Waals surface area contributed by atoms with E-state index in [2.05, 4.69) is 27.2 Å². The van der Waals surface area contributed by atoms with Crippen LogP contribution in [0, 0.1) is 5.92 Å². The number of carbonyl (C=O) groups is 1. The van der Waals surface area contributed by atoms with Gasteiger partial charge in [-0.05, 0) is 17.5 Å². The third-order valence-electron chi connectivity index (χ3n) is 2.02. The van der Waals surface area contributed by atoms with Gasteiger partial charge in [0.25, 0.3) is 5.91 Å². The fourth-order valence-electron chi connectivity index (χ4n) is 1.03. The van der Waals surface area contributed by atoms with Gasteiger partial charge in [-0.3, -0.25) is 4.79 Å². The van der Waals surface area contributed by atoms with Gasteiger partial charge in [0.2, 0.25) is 0 Å². The van der Waals surface area contributed by atoms with Crippen molar-refractivity contribution in [3.05, 3.63) is 11.9 Å². The number of rotatable bonds is 2. The van der Waals surface area contributed by atoms with E-state index in [0.717, 1.165) is 6.42 Å². The third kappa shape index (κ3) is 1.30. The molecular formula is C7H9N3O2. The number of aromatic nitrogens is 2. The monoisotopic (exact) mass is 167 g/mol. The molecular weight excluding hydrogens is 158 g/mol. The second-order valence-corrected chi connectivity index (χ2v) is 3.09. The number of nitrogens with one attached hydrogen (secondary N) is 1. The summed E-state index contributed by atoms with van der Waals surface area (Å²) in [4.78, 5) is 11.2. The van der Waals surface area contributed by atoms with E-state index in [1.54, 1.807) is 0 Å². The molecule has 1 aliphatic carbocycles. The van der Waals surface area contributed by atoms with Gasteiger partial charge in [-0.25, -0.2) is 4.63 Å². The Bertz CT molecular complexity index is 283. The van der Waals surface area contributed by atoms with Gasteiger partial charge in [0.1, 0.15) is 6.20 Å². The largest absolute Gasteiger partial charge is 0.348 e. The highest BCUT2D eigenvalue weighted by Gasteiger charge is 2.34. The van der Waals surface area contributed by atoms with Crippen LogP contribution in [0.15, 0.2) is 10.8 Å². The van der Waals surface area contributed by atoms with Crippen LogP contribution in [0.5, 0.6) is 0 Å². The van der Waals surface area contributed by atoms with Gasteiger partial charge in [-0.15, -0.1) is 0 Å². The van der Waals surface area contributed by atoms with E-state index in [1.165, 1.54) is 6.20 Å². The molecule has 64 valence electrons. The van der Waals surface area contributed by atoms with Crippen LogP contribution in [-0.2, 0) is 0 Å². The van der Waals surface area contributed by atoms with Crippen molar-refractivity contribution >= 4 is 5.91 Å². The van der Waals surface area contributed by atoms with Crippen molar-refractivity contribution in [2.45, 2.75) is 19.4 Å². The molecule has 1 fully saturated rings. The first-order valence-corrected chi connectivity index (χ1v) is 3.86. The Morgan fingerprint density at radius 3 is 3.08 bits per heavy atom. The molecule has 2 unspecified atom stereocenters. The third-order valence-corrected chi connectivity index (χ3v) is 2.02. The topological polar surface area (TPSA) is 68.0 Å². The maximum atomic E-state index is 11.2. The quantitative estimate of drug-likeness (QED) is 0.683. The standard InChI is InChI=1S/C7H9N3O2/c1-4-2-5(4)9-7(11)6-3-8-12-10-6/h3-5H,2H2,1H3,(H,9,11). The van der Waals surface area contributed by atoms with E-state index in [4.69, 9.17) is 0 Å². The van der Waals surface area contributed by atoms with Crippen LogP contribution in [0.1, 0.15) is 23.8 Å². The zero-order chi connectivity index (χ0) is 8.55. The minimum absolute atomic E-state index is 0.203. The lowest BCUT2D eigenvalue weighted by Gasteiger charge is -1.97. The van der Waals surface area contributed by atoms with Crippen molar-refractivity contribution in [2.75, 3.05) is 0 Å². The van der Waals surface area contributed by atoms with E-state index in [0.29, 0.717) is 12.0 Å². The minimum atomic E-state index is -0.203. The van der Waals surface area contributed by atoms with Crippen molar-refractivity contribution < 1.29 is 9.42 Å². The Morgan fingerprint density at radius 2 is 2.58 bits per heavy atom. The lowest BCUT2D eigenvalue weighted by Crippen LogP contribution is -2.26. The Labute approximate surface area is 69.1 Å². The van der Waals surface area contributed by atoms with E-state index >= 15 is 0 Å². The second-order valence-electron chi connectivity index (χ2n) is 3.09. The number of hydrogen-bond donors (Lipinski definition) is 1. The predicted molar refractivity (Wildman–Crippen MR) is 39.3 cm³/mol. The smallest absolute Gasteiger partial charge is 0.275 e. The van der Waals surface area contributed by atoms with Gasteiger partial charge in [-0.1, -0.05) is 12.1 Å². The first-order chi connectivity index (χ1) is 5.77. The highest BCUT2D eigenvalue weighted by Crippen LogP contribution is 2.28. The molecule has 5 heteroatoms. The van der Waals surface area contributed by atoms with E-state index in [9.17, 15) is 4.79 Å². The molecule has 5 nitrogen and oxygen atoms in total. The van der Waals surface area contributed by atoms with Crippen LogP contribution >= 0.6 is 0 Å². The molecule has 1 saturated carbocycles. The molecule has 1 N–H and O–H groups in total. The average Bonchev–Trinajstić information content (AvgIpc) is 2.58. The normalized spacial score (nSPS) is 26.8. The fraction of sp³-hybridized carbons (Fsp3) is 0.571. The van der Waals surface area contributed by atoms with Crippen molar-refractivity contribution in [2.24, 2.45) is 5.92 Å². The Morgan fingerprint density at radius 1 is 1.83 bits per heavy atom. The molecule has 1 heterocycles. The minimum Gasteiger partial charge on any atom is -0.348 e. The maximum absolute atomic E-state index is 11.2. The molecule has 12 heavy (non-hydrogen) atoms. The molecule has 0 bridgehead atoms. The van der Waals surface area contributed by atoms with Gasteiger partial charge in [0, 0.05) is 6.04 Å². The lowest BCUT2D eigenvalue weighted by molar-refractivity contribution is 0.0939. The first-order valence-electron chi connectivity index (χ1n) is 3.86. The molecule has 0 radical (unpaired) electrons. The summed E-state index contributed by atoms with van der Waals surface area (Å²) in [6.07, 6.45) is 2.36. The summed E-state index contributed by atoms with van der Waals surface area (Å²) in [5, 5.41) is 9.57. The molecule has 1 aromatic rings. The van der Waals surface area contributed by atoms with Crippen molar-refractivity contribution in [1.29, 1.82) is 0 Å². The number of hydrogen-bond acceptors (Lipinski definition) is 4. The Kier molecular flexibility index (Phi) is 1.56. The number of nitrogens with zero attached hydrogens (tertiary/aromatic N) is 2. The van der Waals surface area contributed by atoms with Crippen LogP contribution < -0.4 is 5.32 Å². The van der Waals surface area contributed by atoms with Crippen LogP contribution in [0.4, 0.5) is 0 Å². The fourth-order valence-corrected chi connectivity index (χ4v) is 1.03. The molecule has 2 rings (SSSR count). The highest BCUT2D eigenvalue weighted by atomic mass is 16.6. The number of amides is 1. The van der Waals surface area contributed by atoms with Crippen LogP contribution in [0.2, 0.25) is 0 Å². The van der Waals surface area contributed by atoms with Gasteiger partial charge in [0.15, 0.2) is 5.69 Å². The van der Waals surface area contributed by atoms with E-state index in [1.807, 2.05) is 0 Å². The van der Waals surface area contributed by atoms with Gasteiger partial charge < -0.3 is 5.32 Å². The molecule has 0 aliphatic heterocycles. The molecule has 0 spiro atoms. The summed E-state index contributed by atoms with van der Waals surface area (Å²) in [7, 11) is 0. The van der Waals surface area contributed by atoms with Crippen molar-refractivity contribution in [3.63, 3.8) is 0 Å². The summed E-state index contributed by atoms with van der Waals surface area (Å²) in [5.41, 5.74) is 0.245. The summed E-state index contributed by atoms with van der Waals surface area (Å²) in [6, 6.07) is 0.314. The van der Waals surface area contributed by atoms with Crippen LogP contribution in [0.3, 0.4) is 0 Å². The molecule has 1 aliphatic rings. The summed E-state index contributed by atoms with van der Waals surface area (Å²) < 4.78 is 4.30. The van der Waals surface area contributed by atoms with Crippen molar-refractivity contribution in [3.8, 4) is 0 Å². The van der Waals surface area contributed by atoms with Crippen LogP contribution in [-0.4, -0.2) is 22.3 Å². The zero-order valence-corrected chi connectivity index (χ0v) is 6.65. The SMILES string of the molecule is CC1CC1NC(=O)c1cnon1. The van der Waals surface area contributed by atoms with Crippen molar-refractivity contribution in [1.82, 2.24) is 15.6 Å². The van der Waals surface area contributed by atoms with Gasteiger partial charge in [0.05, 0.1) is 0 Å². The second kappa shape index (κ2) is 2.58. The highest BCUT2D eigenvalue weighted by molar-refractivity contribution is 5.92.